The SMILES string of the molecule is O=C(O)c1ccncc1[I-]c1ccccc1. The topological polar surface area (TPSA) is 50.2 Å². The maximum atomic E-state index is 11.0. The summed E-state index contributed by atoms with van der Waals surface area (Å²) in [6, 6.07) is 11.5. The number of carbonyl (C=O) groups is 1. The second-order valence-corrected chi connectivity index (χ2v) is 6.00. The van der Waals surface area contributed by atoms with Gasteiger partial charge in [0.25, 0.3) is 0 Å². The number of nitrogens with zero attached hydrogens (tertiary/aromatic N) is 1. The molecule has 1 aromatic heterocycles. The van der Waals surface area contributed by atoms with Crippen molar-refractivity contribution in [3.63, 3.8) is 0 Å². The number of carboxylic acid groups (broad SMARTS) is 1. The third-order valence-electron chi connectivity index (χ3n) is 1.95. The first kappa shape index (κ1) is 11.1. The van der Waals surface area contributed by atoms with E-state index in [0.717, 1.165) is 3.57 Å². The van der Waals surface area contributed by atoms with Crippen LogP contribution in [0.4, 0.5) is 0 Å². The molecule has 0 aliphatic carbocycles. The van der Waals surface area contributed by atoms with Crippen LogP contribution in [0.2, 0.25) is 0 Å². The Hall–Kier alpha value is -1.43. The van der Waals surface area contributed by atoms with Gasteiger partial charge in [0.2, 0.25) is 0 Å². The van der Waals surface area contributed by atoms with Crippen LogP contribution >= 0.6 is 0 Å². The number of carboxylic acids is 1. The molecular weight excluding hydrogens is 317 g/mol. The summed E-state index contributed by atoms with van der Waals surface area (Å²) < 4.78 is 2.04. The van der Waals surface area contributed by atoms with E-state index in [1.54, 1.807) is 12.3 Å². The van der Waals surface area contributed by atoms with Crippen molar-refractivity contribution in [1.29, 1.82) is 0 Å². The van der Waals surface area contributed by atoms with Gasteiger partial charge in [-0.25, -0.2) is 0 Å². The summed E-state index contributed by atoms with van der Waals surface area (Å²) in [5.41, 5.74) is 0.367. The molecule has 0 saturated heterocycles. The Morgan fingerprint density at radius 1 is 1.19 bits per heavy atom. The van der Waals surface area contributed by atoms with Gasteiger partial charge in [0.1, 0.15) is 0 Å². The number of halogens is 1. The van der Waals surface area contributed by atoms with Gasteiger partial charge in [0, 0.05) is 0 Å². The van der Waals surface area contributed by atoms with Gasteiger partial charge in [0.05, 0.1) is 0 Å². The molecule has 0 amide bonds. The Balaban J connectivity index is 2.31. The second kappa shape index (κ2) is 5.07. The van der Waals surface area contributed by atoms with E-state index >= 15 is 0 Å². The van der Waals surface area contributed by atoms with Crippen molar-refractivity contribution in [2.45, 2.75) is 0 Å². The summed E-state index contributed by atoms with van der Waals surface area (Å²) in [6.07, 6.45) is 3.17. The predicted molar refractivity (Wildman–Crippen MR) is 55.0 cm³/mol. The van der Waals surface area contributed by atoms with Crippen LogP contribution in [0, 0.1) is 7.14 Å². The fourth-order valence-corrected chi connectivity index (χ4v) is 3.67. The van der Waals surface area contributed by atoms with Gasteiger partial charge in [-0.05, 0) is 0 Å². The number of aromatic carboxylic acids is 1. The van der Waals surface area contributed by atoms with Crippen molar-refractivity contribution >= 4 is 5.97 Å². The number of aromatic nitrogens is 1. The van der Waals surface area contributed by atoms with Crippen LogP contribution < -0.4 is 21.2 Å². The number of hydrogen-bond donors (Lipinski definition) is 1. The molecule has 0 radical (unpaired) electrons. The molecule has 0 unspecified atom stereocenters. The van der Waals surface area contributed by atoms with Crippen molar-refractivity contribution in [2.24, 2.45) is 0 Å². The van der Waals surface area contributed by atoms with E-state index < -0.39 is 27.2 Å². The molecule has 0 spiro atoms. The average molecular weight is 326 g/mol. The fourth-order valence-electron chi connectivity index (χ4n) is 1.22. The van der Waals surface area contributed by atoms with Crippen LogP contribution in [0.15, 0.2) is 48.8 Å². The molecule has 82 valence electrons. The van der Waals surface area contributed by atoms with Crippen molar-refractivity contribution in [3.05, 3.63) is 61.5 Å². The van der Waals surface area contributed by atoms with Crippen LogP contribution in [0.3, 0.4) is 0 Å². The molecule has 0 bridgehead atoms. The van der Waals surface area contributed by atoms with Crippen LogP contribution in [-0.2, 0) is 0 Å². The monoisotopic (exact) mass is 326 g/mol. The standard InChI is InChI=1S/C12H9INO2/c15-12(16)10-6-7-14-8-11(10)13-9-4-2-1-3-5-9/h1-8H,(H,15,16)/q-1. The zero-order valence-corrected chi connectivity index (χ0v) is 10.5. The molecule has 1 aromatic carbocycles. The number of hydrogen-bond acceptors (Lipinski definition) is 2. The Bertz CT molecular complexity index is 499. The Kier molecular flexibility index (Phi) is 3.51. The molecule has 0 aliphatic rings. The van der Waals surface area contributed by atoms with E-state index in [-0.39, 0.29) is 0 Å². The van der Waals surface area contributed by atoms with E-state index in [1.165, 1.54) is 9.77 Å². The van der Waals surface area contributed by atoms with Gasteiger partial charge in [-0.15, -0.1) is 0 Å². The molecule has 0 atom stereocenters. The van der Waals surface area contributed by atoms with E-state index in [2.05, 4.69) is 4.98 Å². The van der Waals surface area contributed by atoms with E-state index in [0.29, 0.717) is 5.56 Å². The third kappa shape index (κ3) is 2.57. The number of rotatable bonds is 3. The summed E-state index contributed by atoms with van der Waals surface area (Å²) in [7, 11) is 0. The molecule has 1 heterocycles. The van der Waals surface area contributed by atoms with Gasteiger partial charge < -0.3 is 0 Å². The summed E-state index contributed by atoms with van der Waals surface area (Å²) in [5, 5.41) is 9.03. The van der Waals surface area contributed by atoms with Crippen LogP contribution in [0.1, 0.15) is 10.4 Å². The van der Waals surface area contributed by atoms with Crippen molar-refractivity contribution in [3.8, 4) is 0 Å². The van der Waals surface area contributed by atoms with Gasteiger partial charge >= 0.3 is 104 Å². The summed E-state index contributed by atoms with van der Waals surface area (Å²) in [6.45, 7) is 0. The van der Waals surface area contributed by atoms with Gasteiger partial charge in [0.15, 0.2) is 0 Å². The van der Waals surface area contributed by atoms with Crippen LogP contribution in [0.5, 0.6) is 0 Å². The summed E-state index contributed by atoms with van der Waals surface area (Å²) in [4.78, 5) is 15.0. The minimum absolute atomic E-state index is 0.367. The molecule has 4 heteroatoms. The van der Waals surface area contributed by atoms with Gasteiger partial charge in [-0.2, -0.15) is 0 Å². The first-order valence-corrected chi connectivity index (χ1v) is 6.80. The summed E-state index contributed by atoms with van der Waals surface area (Å²) in [5.74, 6) is -0.881. The fraction of sp³-hybridized carbons (Fsp3) is 0. The molecule has 0 aliphatic heterocycles. The molecule has 2 aromatic rings. The number of pyridine rings is 1. The normalized spacial score (nSPS) is 10.2. The molecule has 2 rings (SSSR count). The molecule has 1 N–H and O–H groups in total. The Morgan fingerprint density at radius 3 is 2.62 bits per heavy atom. The van der Waals surface area contributed by atoms with Crippen molar-refractivity contribution in [1.82, 2.24) is 4.98 Å². The van der Waals surface area contributed by atoms with Crippen LogP contribution in [0.25, 0.3) is 0 Å². The van der Waals surface area contributed by atoms with E-state index in [1.807, 2.05) is 30.3 Å². The van der Waals surface area contributed by atoms with E-state index in [9.17, 15) is 4.79 Å². The number of benzene rings is 1. The molecule has 0 saturated carbocycles. The Labute approximate surface area is 103 Å². The first-order chi connectivity index (χ1) is 7.77. The third-order valence-corrected chi connectivity index (χ3v) is 4.73. The zero-order valence-electron chi connectivity index (χ0n) is 8.30. The molecule has 3 nitrogen and oxygen atoms in total. The Morgan fingerprint density at radius 2 is 1.94 bits per heavy atom. The zero-order chi connectivity index (χ0) is 11.4. The second-order valence-electron chi connectivity index (χ2n) is 3.05. The van der Waals surface area contributed by atoms with Crippen molar-refractivity contribution < 1.29 is 31.1 Å². The summed E-state index contributed by atoms with van der Waals surface area (Å²) >= 11 is -0.470. The minimum atomic E-state index is -0.881. The van der Waals surface area contributed by atoms with Crippen molar-refractivity contribution in [2.75, 3.05) is 0 Å². The molecule has 16 heavy (non-hydrogen) atoms. The first-order valence-electron chi connectivity index (χ1n) is 4.64. The molecular formula is C12H9INO2-. The van der Waals surface area contributed by atoms with E-state index in [4.69, 9.17) is 5.11 Å². The van der Waals surface area contributed by atoms with Gasteiger partial charge in [-0.1, -0.05) is 0 Å². The quantitative estimate of drug-likeness (QED) is 0.730. The average Bonchev–Trinajstić information content (AvgIpc) is 2.31. The predicted octanol–water partition coefficient (Wildman–Crippen LogP) is -1.09. The molecule has 0 fully saturated rings. The van der Waals surface area contributed by atoms with Gasteiger partial charge in [-0.3, -0.25) is 0 Å². The van der Waals surface area contributed by atoms with Crippen LogP contribution in [-0.4, -0.2) is 16.1 Å². The maximum absolute atomic E-state index is 11.0.